The number of rotatable bonds is 4. The Morgan fingerprint density at radius 2 is 0.717 bits per heavy atom. The average molecular weight is 801 g/mol. The Bertz CT molecular complexity index is 2660. The molecule has 0 spiro atoms. The van der Waals surface area contributed by atoms with E-state index in [1.165, 1.54) is 84.7 Å². The van der Waals surface area contributed by atoms with Gasteiger partial charge in [-0.15, -0.1) is 0 Å². The zero-order chi connectivity index (χ0) is 33.8. The number of halogens is 2. The predicted molar refractivity (Wildman–Crippen MR) is 214 cm³/mol. The number of fused-ring (bicyclic) bond motifs is 6. The van der Waals surface area contributed by atoms with E-state index < -0.39 is 20.3 Å². The van der Waals surface area contributed by atoms with Gasteiger partial charge in [-0.1, -0.05) is 0 Å². The molecule has 8 aromatic rings. The normalized spacial score (nSPS) is 17.7. The standard InChI is InChI=1S/2C24H17.C2H4.2ClH.Zr/c2*1-16-13-19-9-4-5-11-21(19)24(16)22-12-6-10-20-14-17-7-2-3-8-18(17)15-23(20)22;1-2;;;/h2*2-15H,1H3;1-2H2;2*1H;/q;;;;;+2/p-2. The summed E-state index contributed by atoms with van der Waals surface area (Å²) >= 11 is -2.95. The minimum atomic E-state index is -2.95. The van der Waals surface area contributed by atoms with Crippen LogP contribution in [-0.4, -0.2) is 0 Å². The molecule has 2 aliphatic carbocycles. The van der Waals surface area contributed by atoms with Crippen LogP contribution in [0.15, 0.2) is 169 Å². The third-order valence-corrected chi connectivity index (χ3v) is 26.1. The van der Waals surface area contributed by atoms with Crippen LogP contribution in [0.1, 0.15) is 54.5 Å². The number of benzene rings is 8. The summed E-state index contributed by atoms with van der Waals surface area (Å²) in [6.07, 6.45) is 0. The number of allylic oxidation sites excluding steroid dienone is 2. The van der Waals surface area contributed by atoms with E-state index in [1.807, 2.05) is 0 Å². The maximum absolute atomic E-state index is 2.95. The molecular weight excluding hydrogens is 763 g/mol. The van der Waals surface area contributed by atoms with Gasteiger partial charge in [0.2, 0.25) is 0 Å². The van der Waals surface area contributed by atoms with Crippen molar-refractivity contribution in [2.45, 2.75) is 29.4 Å². The van der Waals surface area contributed by atoms with Crippen molar-refractivity contribution in [2.24, 2.45) is 0 Å². The van der Waals surface area contributed by atoms with Gasteiger partial charge >= 0.3 is 306 Å². The molecule has 0 aromatic heterocycles. The third kappa shape index (κ3) is 5.04. The smallest absolute Gasteiger partial charge is 1.00 e. The summed E-state index contributed by atoms with van der Waals surface area (Å²) < 4.78 is 4.04. The number of hydrogen-bond acceptors (Lipinski definition) is 0. The largest absolute Gasteiger partial charge is 1.00 e. The molecule has 0 amide bonds. The zero-order valence-electron chi connectivity index (χ0n) is 29.8. The molecule has 1 fully saturated rings. The van der Waals surface area contributed by atoms with Gasteiger partial charge < -0.3 is 24.8 Å². The molecule has 1 heterocycles. The maximum Gasteiger partial charge on any atom is -1.00 e. The first kappa shape index (κ1) is 34.5. The van der Waals surface area contributed by atoms with E-state index in [0.29, 0.717) is 7.25 Å². The molecular formula is C50H38Cl2Zr. The van der Waals surface area contributed by atoms with Gasteiger partial charge in [-0.2, -0.15) is 0 Å². The van der Waals surface area contributed by atoms with Crippen LogP contribution in [0, 0.1) is 0 Å². The first-order chi connectivity index (χ1) is 25.1. The molecule has 0 saturated carbocycles. The predicted octanol–water partition coefficient (Wildman–Crippen LogP) is 7.76. The molecule has 2 atom stereocenters. The van der Waals surface area contributed by atoms with Crippen LogP contribution in [-0.2, 0) is 20.3 Å². The molecule has 3 aliphatic rings. The molecule has 0 nitrogen and oxygen atoms in total. The Kier molecular flexibility index (Phi) is 8.43. The fourth-order valence-electron chi connectivity index (χ4n) is 10.6. The monoisotopic (exact) mass is 798 g/mol. The minimum Gasteiger partial charge on any atom is -1.00 e. The van der Waals surface area contributed by atoms with Crippen LogP contribution < -0.4 is 24.8 Å². The SMILES string of the molecule is CC1=C(c2cccc3cc4ccccc4cc23)c2ccccc2[CH]1[Zr+2]1([CH]2C(C)=C(c3cccc4cc5ccccc5cc34)c3ccccc32)[CH2][CH2]1.[Cl-].[Cl-]. The molecule has 0 bridgehead atoms. The van der Waals surface area contributed by atoms with Gasteiger partial charge in [0.25, 0.3) is 0 Å². The molecule has 11 rings (SSSR count). The summed E-state index contributed by atoms with van der Waals surface area (Å²) in [5, 5.41) is 10.6. The fraction of sp³-hybridized carbons (Fsp3) is 0.120. The van der Waals surface area contributed by atoms with Crippen molar-refractivity contribution < 1.29 is 45.1 Å². The van der Waals surface area contributed by atoms with Crippen LogP contribution >= 0.6 is 0 Å². The Balaban J connectivity index is 0.00000186. The first-order valence-electron chi connectivity index (χ1n) is 18.5. The maximum atomic E-state index is 2.51. The summed E-state index contributed by atoms with van der Waals surface area (Å²) in [6, 6.07) is 60.1. The third-order valence-electron chi connectivity index (χ3n) is 12.7. The van der Waals surface area contributed by atoms with E-state index in [2.05, 4.69) is 172 Å². The molecule has 0 radical (unpaired) electrons. The van der Waals surface area contributed by atoms with Gasteiger partial charge in [-0.25, -0.2) is 0 Å². The van der Waals surface area contributed by atoms with Gasteiger partial charge in [-0.05, 0) is 0 Å². The Morgan fingerprint density at radius 3 is 1.13 bits per heavy atom. The van der Waals surface area contributed by atoms with Crippen molar-refractivity contribution in [3.8, 4) is 0 Å². The summed E-state index contributed by atoms with van der Waals surface area (Å²) in [5.41, 5.74) is 15.2. The van der Waals surface area contributed by atoms with E-state index in [9.17, 15) is 0 Å². The van der Waals surface area contributed by atoms with Gasteiger partial charge in [0, 0.05) is 0 Å². The van der Waals surface area contributed by atoms with Crippen LogP contribution in [0.3, 0.4) is 0 Å². The van der Waals surface area contributed by atoms with Crippen molar-refractivity contribution in [1.29, 1.82) is 0 Å². The molecule has 1 saturated heterocycles. The van der Waals surface area contributed by atoms with Crippen molar-refractivity contribution in [3.63, 3.8) is 0 Å². The molecule has 2 unspecified atom stereocenters. The van der Waals surface area contributed by atoms with Crippen molar-refractivity contribution >= 4 is 54.2 Å². The fourth-order valence-corrected chi connectivity index (χ4v) is 28.4. The van der Waals surface area contributed by atoms with E-state index in [-0.39, 0.29) is 24.8 Å². The van der Waals surface area contributed by atoms with Gasteiger partial charge in [-0.3, -0.25) is 0 Å². The average Bonchev–Trinajstić information content (AvgIpc) is 3.80. The summed E-state index contributed by atoms with van der Waals surface area (Å²) in [6.45, 7) is 5.01. The van der Waals surface area contributed by atoms with E-state index in [0.717, 1.165) is 0 Å². The van der Waals surface area contributed by atoms with Gasteiger partial charge in [0.05, 0.1) is 0 Å². The second-order valence-corrected chi connectivity index (χ2v) is 26.7. The quantitative estimate of drug-likeness (QED) is 0.160. The molecule has 1 aliphatic heterocycles. The molecule has 53 heavy (non-hydrogen) atoms. The minimum absolute atomic E-state index is 0. The van der Waals surface area contributed by atoms with Crippen LogP contribution in [0.5, 0.6) is 0 Å². The molecule has 8 aromatic carbocycles. The van der Waals surface area contributed by atoms with Crippen molar-refractivity contribution in [2.75, 3.05) is 0 Å². The van der Waals surface area contributed by atoms with Gasteiger partial charge in [0.15, 0.2) is 0 Å². The Morgan fingerprint density at radius 1 is 0.377 bits per heavy atom. The summed E-state index contributed by atoms with van der Waals surface area (Å²) in [5.74, 6) is 0. The first-order valence-corrected chi connectivity index (χ1v) is 24.9. The Hall–Kier alpha value is -4.26. The number of hydrogen-bond donors (Lipinski definition) is 0. The summed E-state index contributed by atoms with van der Waals surface area (Å²) in [4.78, 5) is 0. The second kappa shape index (κ2) is 13.0. The van der Waals surface area contributed by atoms with E-state index >= 15 is 0 Å². The van der Waals surface area contributed by atoms with Crippen LogP contribution in [0.25, 0.3) is 54.2 Å². The zero-order valence-corrected chi connectivity index (χ0v) is 33.8. The van der Waals surface area contributed by atoms with Crippen LogP contribution in [0.2, 0.25) is 8.26 Å². The Labute approximate surface area is 328 Å². The van der Waals surface area contributed by atoms with Gasteiger partial charge in [0.1, 0.15) is 0 Å². The second-order valence-electron chi connectivity index (χ2n) is 15.3. The topological polar surface area (TPSA) is 0 Å². The molecule has 256 valence electrons. The van der Waals surface area contributed by atoms with Crippen molar-refractivity contribution in [1.82, 2.24) is 0 Å². The van der Waals surface area contributed by atoms with E-state index in [1.54, 1.807) is 22.3 Å². The molecule has 0 N–H and O–H groups in total. The van der Waals surface area contributed by atoms with E-state index in [4.69, 9.17) is 0 Å². The van der Waals surface area contributed by atoms with Crippen LogP contribution in [0.4, 0.5) is 0 Å². The molecule has 3 heteroatoms. The summed E-state index contributed by atoms with van der Waals surface area (Å²) in [7, 11) is 0. The van der Waals surface area contributed by atoms with Crippen molar-refractivity contribution in [3.05, 3.63) is 202 Å².